The van der Waals surface area contributed by atoms with Crippen molar-refractivity contribution in [3.8, 4) is 11.5 Å². The van der Waals surface area contributed by atoms with Crippen molar-refractivity contribution < 1.29 is 9.47 Å². The zero-order valence-corrected chi connectivity index (χ0v) is 11.8. The van der Waals surface area contributed by atoms with Crippen molar-refractivity contribution in [3.05, 3.63) is 23.3 Å². The van der Waals surface area contributed by atoms with Gasteiger partial charge in [-0.2, -0.15) is 0 Å². The van der Waals surface area contributed by atoms with Crippen LogP contribution >= 0.6 is 0 Å². The number of hydrogen-bond acceptors (Lipinski definition) is 3. The first-order valence-electron chi connectivity index (χ1n) is 6.88. The fraction of sp³-hybridized carbons (Fsp3) is 0.600. The summed E-state index contributed by atoms with van der Waals surface area (Å²) in [5, 5.41) is 0. The molecule has 2 aliphatic heterocycles. The molecule has 2 aliphatic rings. The molecular formula is C15H23NO2. The zero-order valence-electron chi connectivity index (χ0n) is 11.8. The van der Waals surface area contributed by atoms with Gasteiger partial charge >= 0.3 is 0 Å². The van der Waals surface area contributed by atoms with Gasteiger partial charge in [0.05, 0.1) is 0 Å². The van der Waals surface area contributed by atoms with Gasteiger partial charge in [0.1, 0.15) is 13.2 Å². The topological polar surface area (TPSA) is 21.7 Å². The van der Waals surface area contributed by atoms with E-state index in [2.05, 4.69) is 31.0 Å². The summed E-state index contributed by atoms with van der Waals surface area (Å²) < 4.78 is 11.2. The Kier molecular flexibility index (Phi) is 4.12. The molecule has 0 saturated heterocycles. The van der Waals surface area contributed by atoms with Gasteiger partial charge in [-0.25, -0.2) is 0 Å². The average molecular weight is 249 g/mol. The SMILES string of the molecule is CC.CC1c2cc3c(cc2CCN1C)OCCO3. The van der Waals surface area contributed by atoms with Crippen LogP contribution in [0.1, 0.15) is 37.9 Å². The number of ether oxygens (including phenoxy) is 2. The summed E-state index contributed by atoms with van der Waals surface area (Å²) in [7, 11) is 2.17. The maximum atomic E-state index is 5.63. The quantitative estimate of drug-likeness (QED) is 0.705. The molecule has 0 aliphatic carbocycles. The van der Waals surface area contributed by atoms with Crippen LogP contribution in [0.5, 0.6) is 11.5 Å². The van der Waals surface area contributed by atoms with Crippen LogP contribution in [0.15, 0.2) is 12.1 Å². The summed E-state index contributed by atoms with van der Waals surface area (Å²) in [6.07, 6.45) is 1.10. The molecular weight excluding hydrogens is 226 g/mol. The van der Waals surface area contributed by atoms with Gasteiger partial charge in [-0.3, -0.25) is 4.90 Å². The predicted octanol–water partition coefficient (Wildman–Crippen LogP) is 3.03. The van der Waals surface area contributed by atoms with E-state index in [1.165, 1.54) is 11.1 Å². The van der Waals surface area contributed by atoms with E-state index in [9.17, 15) is 0 Å². The van der Waals surface area contributed by atoms with Crippen LogP contribution in [0.4, 0.5) is 0 Å². The summed E-state index contributed by atoms with van der Waals surface area (Å²) in [6.45, 7) is 8.69. The third-order valence-electron chi connectivity index (χ3n) is 3.65. The Morgan fingerprint density at radius 1 is 1.11 bits per heavy atom. The van der Waals surface area contributed by atoms with Crippen LogP contribution in [0, 0.1) is 0 Å². The Hall–Kier alpha value is -1.22. The summed E-state index contributed by atoms with van der Waals surface area (Å²) in [5.74, 6) is 1.83. The van der Waals surface area contributed by atoms with Crippen LogP contribution in [0.3, 0.4) is 0 Å². The molecule has 3 rings (SSSR count). The molecule has 0 bridgehead atoms. The molecule has 0 saturated carbocycles. The van der Waals surface area contributed by atoms with Crippen molar-refractivity contribution in [1.82, 2.24) is 4.90 Å². The second kappa shape index (κ2) is 5.61. The van der Waals surface area contributed by atoms with Crippen molar-refractivity contribution in [3.63, 3.8) is 0 Å². The standard InChI is InChI=1S/C13H17NO2.C2H6/c1-9-11-8-13-12(15-5-6-16-13)7-10(11)3-4-14(9)2;1-2/h7-9H,3-6H2,1-2H3;1-2H3. The molecule has 0 spiro atoms. The summed E-state index contributed by atoms with van der Waals surface area (Å²) in [6, 6.07) is 4.79. The number of likely N-dealkylation sites (N-methyl/N-ethyl adjacent to an activating group) is 1. The first-order valence-corrected chi connectivity index (χ1v) is 6.88. The lowest BCUT2D eigenvalue weighted by Gasteiger charge is -2.33. The van der Waals surface area contributed by atoms with Crippen LogP contribution in [0.2, 0.25) is 0 Å². The molecule has 3 nitrogen and oxygen atoms in total. The highest BCUT2D eigenvalue weighted by atomic mass is 16.6. The number of nitrogens with zero attached hydrogens (tertiary/aromatic N) is 1. The van der Waals surface area contributed by atoms with Crippen LogP contribution in [0.25, 0.3) is 0 Å². The van der Waals surface area contributed by atoms with E-state index in [0.29, 0.717) is 19.3 Å². The first-order chi connectivity index (χ1) is 8.75. The van der Waals surface area contributed by atoms with Crippen LogP contribution < -0.4 is 9.47 Å². The molecule has 0 aromatic heterocycles. The molecule has 1 aromatic rings. The van der Waals surface area contributed by atoms with Crippen LogP contribution in [-0.4, -0.2) is 31.7 Å². The lowest BCUT2D eigenvalue weighted by molar-refractivity contribution is 0.169. The minimum atomic E-state index is 0.472. The highest BCUT2D eigenvalue weighted by molar-refractivity contribution is 5.49. The van der Waals surface area contributed by atoms with E-state index >= 15 is 0 Å². The maximum absolute atomic E-state index is 5.63. The molecule has 1 atom stereocenters. The van der Waals surface area contributed by atoms with E-state index in [4.69, 9.17) is 9.47 Å². The smallest absolute Gasteiger partial charge is 0.161 e. The number of fused-ring (bicyclic) bond motifs is 2. The largest absolute Gasteiger partial charge is 0.486 e. The van der Waals surface area contributed by atoms with Gasteiger partial charge in [-0.1, -0.05) is 13.8 Å². The summed E-state index contributed by atoms with van der Waals surface area (Å²) in [5.41, 5.74) is 2.80. The highest BCUT2D eigenvalue weighted by Crippen LogP contribution is 2.38. The van der Waals surface area contributed by atoms with Gasteiger partial charge in [0, 0.05) is 12.6 Å². The fourth-order valence-corrected chi connectivity index (χ4v) is 2.48. The van der Waals surface area contributed by atoms with Crippen LogP contribution in [-0.2, 0) is 6.42 Å². The van der Waals surface area contributed by atoms with Crippen molar-refractivity contribution in [2.75, 3.05) is 26.8 Å². The van der Waals surface area contributed by atoms with Crippen molar-refractivity contribution in [2.45, 2.75) is 33.2 Å². The zero-order chi connectivity index (χ0) is 13.1. The van der Waals surface area contributed by atoms with Gasteiger partial charge in [0.25, 0.3) is 0 Å². The van der Waals surface area contributed by atoms with Gasteiger partial charge in [-0.05, 0) is 43.7 Å². The minimum Gasteiger partial charge on any atom is -0.486 e. The van der Waals surface area contributed by atoms with Gasteiger partial charge in [0.15, 0.2) is 11.5 Å². The Balaban J connectivity index is 0.000000574. The normalized spacial score (nSPS) is 21.7. The molecule has 2 heterocycles. The molecule has 0 N–H and O–H groups in total. The minimum absolute atomic E-state index is 0.472. The Morgan fingerprint density at radius 2 is 1.72 bits per heavy atom. The Labute approximate surface area is 110 Å². The fourth-order valence-electron chi connectivity index (χ4n) is 2.48. The second-order valence-electron chi connectivity index (χ2n) is 4.60. The molecule has 100 valence electrons. The van der Waals surface area contributed by atoms with Crippen molar-refractivity contribution in [2.24, 2.45) is 0 Å². The number of benzene rings is 1. The molecule has 0 amide bonds. The predicted molar refractivity (Wildman–Crippen MR) is 73.5 cm³/mol. The number of rotatable bonds is 0. The van der Waals surface area contributed by atoms with Gasteiger partial charge in [0.2, 0.25) is 0 Å². The van der Waals surface area contributed by atoms with Gasteiger partial charge in [-0.15, -0.1) is 0 Å². The molecule has 0 radical (unpaired) electrons. The second-order valence-corrected chi connectivity index (χ2v) is 4.60. The molecule has 18 heavy (non-hydrogen) atoms. The van der Waals surface area contributed by atoms with E-state index in [1.807, 2.05) is 13.8 Å². The molecule has 0 fully saturated rings. The van der Waals surface area contributed by atoms with E-state index in [-0.39, 0.29) is 0 Å². The summed E-state index contributed by atoms with van der Waals surface area (Å²) in [4.78, 5) is 2.37. The van der Waals surface area contributed by atoms with E-state index < -0.39 is 0 Å². The first kappa shape index (κ1) is 13.2. The molecule has 3 heteroatoms. The number of hydrogen-bond donors (Lipinski definition) is 0. The molecule has 1 unspecified atom stereocenters. The average Bonchev–Trinajstić information content (AvgIpc) is 2.44. The highest BCUT2D eigenvalue weighted by Gasteiger charge is 2.24. The third-order valence-corrected chi connectivity index (χ3v) is 3.65. The molecule has 1 aromatic carbocycles. The Morgan fingerprint density at radius 3 is 2.39 bits per heavy atom. The van der Waals surface area contributed by atoms with Crippen molar-refractivity contribution >= 4 is 0 Å². The Bertz CT molecular complexity index is 417. The lowest BCUT2D eigenvalue weighted by atomic mass is 9.93. The monoisotopic (exact) mass is 249 g/mol. The van der Waals surface area contributed by atoms with Gasteiger partial charge < -0.3 is 9.47 Å². The third kappa shape index (κ3) is 2.32. The van der Waals surface area contributed by atoms with Crippen molar-refractivity contribution in [1.29, 1.82) is 0 Å². The van der Waals surface area contributed by atoms with E-state index in [1.54, 1.807) is 0 Å². The van der Waals surface area contributed by atoms with E-state index in [0.717, 1.165) is 24.5 Å². The summed E-state index contributed by atoms with van der Waals surface area (Å²) >= 11 is 0. The lowest BCUT2D eigenvalue weighted by Crippen LogP contribution is -2.30. The maximum Gasteiger partial charge on any atom is 0.161 e.